The van der Waals surface area contributed by atoms with Crippen LogP contribution in [0.4, 0.5) is 0 Å². The van der Waals surface area contributed by atoms with Gasteiger partial charge in [-0.05, 0) is 36.3 Å². The molecule has 1 aromatic rings. The molecule has 2 fully saturated rings. The first-order valence-corrected chi connectivity index (χ1v) is 9.34. The maximum absolute atomic E-state index is 12.4. The van der Waals surface area contributed by atoms with E-state index in [0.29, 0.717) is 18.8 Å². The van der Waals surface area contributed by atoms with E-state index in [1.165, 1.54) is 0 Å². The van der Waals surface area contributed by atoms with Crippen LogP contribution >= 0.6 is 0 Å². The molecule has 5 heteroatoms. The second kappa shape index (κ2) is 7.14. The lowest BCUT2D eigenvalue weighted by Crippen LogP contribution is -2.53. The van der Waals surface area contributed by atoms with E-state index in [-0.39, 0.29) is 23.1 Å². The van der Waals surface area contributed by atoms with Crippen molar-refractivity contribution >= 4 is 11.8 Å². The molecule has 2 aliphatic heterocycles. The molecule has 3 heterocycles. The molecule has 2 saturated heterocycles. The molecule has 0 bridgehead atoms. The first kappa shape index (κ1) is 17.9. The third kappa shape index (κ3) is 3.70. The van der Waals surface area contributed by atoms with Crippen molar-refractivity contribution < 1.29 is 9.59 Å². The normalized spacial score (nSPS) is 23.4. The molecule has 0 aromatic carbocycles. The summed E-state index contributed by atoms with van der Waals surface area (Å²) in [6.07, 6.45) is 4.78. The topological polar surface area (TPSA) is 53.5 Å². The third-order valence-corrected chi connectivity index (χ3v) is 5.86. The fraction of sp³-hybridized carbons (Fsp3) is 0.650. The van der Waals surface area contributed by atoms with Gasteiger partial charge < -0.3 is 9.80 Å². The van der Waals surface area contributed by atoms with Gasteiger partial charge in [-0.1, -0.05) is 19.9 Å². The van der Waals surface area contributed by atoms with E-state index in [1.54, 1.807) is 0 Å². The zero-order valence-corrected chi connectivity index (χ0v) is 15.6. The summed E-state index contributed by atoms with van der Waals surface area (Å²) in [5.41, 5.74) is 1.01. The number of amides is 2. The number of aromatic nitrogens is 1. The third-order valence-electron chi connectivity index (χ3n) is 5.86. The van der Waals surface area contributed by atoms with Gasteiger partial charge in [0.1, 0.15) is 0 Å². The maximum atomic E-state index is 12.4. The van der Waals surface area contributed by atoms with Crippen molar-refractivity contribution in [2.45, 2.75) is 45.4 Å². The Balaban J connectivity index is 1.78. The highest BCUT2D eigenvalue weighted by Gasteiger charge is 2.48. The van der Waals surface area contributed by atoms with Crippen molar-refractivity contribution in [1.82, 2.24) is 14.8 Å². The Morgan fingerprint density at radius 1 is 1.32 bits per heavy atom. The predicted molar refractivity (Wildman–Crippen MR) is 96.9 cm³/mol. The molecular formula is C20H29N3O2. The summed E-state index contributed by atoms with van der Waals surface area (Å²) in [7, 11) is 1.88. The van der Waals surface area contributed by atoms with Crippen LogP contribution < -0.4 is 0 Å². The van der Waals surface area contributed by atoms with E-state index < -0.39 is 0 Å². The minimum atomic E-state index is -0.0629. The number of nitrogens with zero attached hydrogens (tertiary/aromatic N) is 3. The lowest BCUT2D eigenvalue weighted by molar-refractivity contribution is -0.142. The minimum Gasteiger partial charge on any atom is -0.345 e. The lowest BCUT2D eigenvalue weighted by atomic mass is 9.63. The Morgan fingerprint density at radius 2 is 2.04 bits per heavy atom. The molecule has 0 aliphatic carbocycles. The van der Waals surface area contributed by atoms with Gasteiger partial charge in [0.25, 0.3) is 0 Å². The molecule has 2 amide bonds. The Hall–Kier alpha value is -1.91. The van der Waals surface area contributed by atoms with E-state index in [9.17, 15) is 9.59 Å². The number of rotatable bonds is 3. The van der Waals surface area contributed by atoms with Crippen LogP contribution in [0.5, 0.6) is 0 Å². The van der Waals surface area contributed by atoms with Crippen LogP contribution in [0, 0.1) is 11.3 Å². The first-order chi connectivity index (χ1) is 11.9. The first-order valence-electron chi connectivity index (χ1n) is 9.34. The quantitative estimate of drug-likeness (QED) is 0.848. The number of likely N-dealkylation sites (tertiary alicyclic amines) is 2. The van der Waals surface area contributed by atoms with E-state index in [1.807, 2.05) is 35.2 Å². The summed E-state index contributed by atoms with van der Waals surface area (Å²) in [5, 5.41) is 0. The molecular weight excluding hydrogens is 314 g/mol. The highest BCUT2D eigenvalue weighted by Crippen LogP contribution is 2.49. The maximum Gasteiger partial charge on any atom is 0.222 e. The van der Waals surface area contributed by atoms with Crippen LogP contribution in [0.25, 0.3) is 0 Å². The molecule has 25 heavy (non-hydrogen) atoms. The lowest BCUT2D eigenvalue weighted by Gasteiger charge is -2.50. The highest BCUT2D eigenvalue weighted by molar-refractivity contribution is 5.79. The molecule has 0 radical (unpaired) electrons. The molecule has 0 saturated carbocycles. The Kier molecular flexibility index (Phi) is 5.11. The second-order valence-electron chi connectivity index (χ2n) is 8.10. The summed E-state index contributed by atoms with van der Waals surface area (Å²) in [5.74, 6) is 1.10. The fourth-order valence-corrected chi connectivity index (χ4v) is 4.32. The number of carbonyl (C=O) groups is 2. The zero-order chi connectivity index (χ0) is 18.0. The average Bonchev–Trinajstić information content (AvgIpc) is 2.59. The van der Waals surface area contributed by atoms with Gasteiger partial charge in [0, 0.05) is 57.3 Å². The number of hydrogen-bond donors (Lipinski definition) is 0. The molecule has 3 rings (SSSR count). The van der Waals surface area contributed by atoms with Gasteiger partial charge in [-0.2, -0.15) is 0 Å². The van der Waals surface area contributed by atoms with E-state index in [4.69, 9.17) is 0 Å². The average molecular weight is 343 g/mol. The monoisotopic (exact) mass is 343 g/mol. The molecule has 1 atom stereocenters. The number of likely N-dealkylation sites (N-methyl/N-ethyl adjacent to an activating group) is 1. The Morgan fingerprint density at radius 3 is 2.64 bits per heavy atom. The summed E-state index contributed by atoms with van der Waals surface area (Å²) in [4.78, 5) is 33.2. The number of piperidine rings is 2. The molecule has 1 spiro atoms. The van der Waals surface area contributed by atoms with Gasteiger partial charge in [-0.25, -0.2) is 0 Å². The minimum absolute atomic E-state index is 0.0629. The summed E-state index contributed by atoms with van der Waals surface area (Å²) >= 11 is 0. The molecule has 1 unspecified atom stereocenters. The van der Waals surface area contributed by atoms with Crippen molar-refractivity contribution in [2.75, 3.05) is 26.7 Å². The van der Waals surface area contributed by atoms with Crippen LogP contribution in [-0.2, 0) is 9.59 Å². The van der Waals surface area contributed by atoms with Crippen LogP contribution in [0.2, 0.25) is 0 Å². The van der Waals surface area contributed by atoms with Gasteiger partial charge in [0.2, 0.25) is 11.8 Å². The van der Waals surface area contributed by atoms with Crippen LogP contribution in [-0.4, -0.2) is 53.3 Å². The number of carbonyl (C=O) groups excluding carboxylic acids is 2. The molecule has 0 N–H and O–H groups in total. The SMILES string of the molecule is CC(C)CC(=O)N1CCC2(CC1)CC(=O)N(C)CC2c1ccccn1. The van der Waals surface area contributed by atoms with E-state index in [2.05, 4.69) is 24.9 Å². The van der Waals surface area contributed by atoms with Gasteiger partial charge in [0.05, 0.1) is 0 Å². The van der Waals surface area contributed by atoms with Gasteiger partial charge >= 0.3 is 0 Å². The van der Waals surface area contributed by atoms with Crippen LogP contribution in [0.15, 0.2) is 24.4 Å². The number of hydrogen-bond acceptors (Lipinski definition) is 3. The van der Waals surface area contributed by atoms with Gasteiger partial charge in [-0.15, -0.1) is 0 Å². The molecule has 136 valence electrons. The van der Waals surface area contributed by atoms with Crippen molar-refractivity contribution in [3.8, 4) is 0 Å². The predicted octanol–water partition coefficient (Wildman–Crippen LogP) is 2.68. The van der Waals surface area contributed by atoms with Crippen molar-refractivity contribution in [2.24, 2.45) is 11.3 Å². The molecule has 1 aromatic heterocycles. The van der Waals surface area contributed by atoms with Gasteiger partial charge in [-0.3, -0.25) is 14.6 Å². The number of pyridine rings is 1. The van der Waals surface area contributed by atoms with Crippen molar-refractivity contribution in [1.29, 1.82) is 0 Å². The van der Waals surface area contributed by atoms with E-state index in [0.717, 1.165) is 38.2 Å². The Labute approximate surface area is 150 Å². The highest BCUT2D eigenvalue weighted by atomic mass is 16.2. The molecule has 2 aliphatic rings. The van der Waals surface area contributed by atoms with Crippen LogP contribution in [0.3, 0.4) is 0 Å². The smallest absolute Gasteiger partial charge is 0.222 e. The van der Waals surface area contributed by atoms with Crippen LogP contribution in [0.1, 0.15) is 51.1 Å². The van der Waals surface area contributed by atoms with Crippen molar-refractivity contribution in [3.63, 3.8) is 0 Å². The Bertz CT molecular complexity index is 621. The van der Waals surface area contributed by atoms with Gasteiger partial charge in [0.15, 0.2) is 0 Å². The molecule has 5 nitrogen and oxygen atoms in total. The second-order valence-corrected chi connectivity index (χ2v) is 8.10. The summed E-state index contributed by atoms with van der Waals surface area (Å²) < 4.78 is 0. The fourth-order valence-electron chi connectivity index (χ4n) is 4.32. The standard InChI is InChI=1S/C20H29N3O2/c1-15(2)12-18(24)23-10-7-20(8-11-23)13-19(25)22(3)14-16(20)17-6-4-5-9-21-17/h4-6,9,15-16H,7-8,10-14H2,1-3H3. The van der Waals surface area contributed by atoms with E-state index >= 15 is 0 Å². The summed E-state index contributed by atoms with van der Waals surface area (Å²) in [6.45, 7) is 6.39. The largest absolute Gasteiger partial charge is 0.345 e. The summed E-state index contributed by atoms with van der Waals surface area (Å²) in [6, 6.07) is 6.03. The zero-order valence-electron chi connectivity index (χ0n) is 15.6. The van der Waals surface area contributed by atoms with Crippen molar-refractivity contribution in [3.05, 3.63) is 30.1 Å².